The average molecular weight is 533 g/mol. The minimum absolute atomic E-state index is 0.0130. The second kappa shape index (κ2) is 10.1. The number of amides is 3. The fourth-order valence-electron chi connectivity index (χ4n) is 4.25. The van der Waals surface area contributed by atoms with E-state index in [-0.39, 0.29) is 41.7 Å². The van der Waals surface area contributed by atoms with Crippen molar-refractivity contribution in [2.45, 2.75) is 37.4 Å². The number of hydrogen-bond donors (Lipinski definition) is 1. The molecular formula is C22H21ClF4N4O3S. The molecule has 35 heavy (non-hydrogen) atoms. The Morgan fingerprint density at radius 2 is 1.74 bits per heavy atom. The Morgan fingerprint density at radius 3 is 2.40 bits per heavy atom. The van der Waals surface area contributed by atoms with Gasteiger partial charge in [-0.1, -0.05) is 17.7 Å². The van der Waals surface area contributed by atoms with Gasteiger partial charge in [-0.25, -0.2) is 9.37 Å². The Hall–Kier alpha value is -2.73. The predicted molar refractivity (Wildman–Crippen MR) is 120 cm³/mol. The first-order valence-corrected chi connectivity index (χ1v) is 12.2. The number of thiazole rings is 1. The van der Waals surface area contributed by atoms with Crippen molar-refractivity contribution < 1.29 is 31.9 Å². The third-order valence-corrected chi connectivity index (χ3v) is 7.44. The Balaban J connectivity index is 1.32. The lowest BCUT2D eigenvalue weighted by atomic mass is 9.97. The van der Waals surface area contributed by atoms with Gasteiger partial charge in [0, 0.05) is 43.5 Å². The molecule has 1 aromatic carbocycles. The summed E-state index contributed by atoms with van der Waals surface area (Å²) in [5.74, 6) is -3.55. The molecule has 0 bridgehead atoms. The van der Waals surface area contributed by atoms with Crippen LogP contribution in [0.5, 0.6) is 0 Å². The number of alkyl halides is 3. The smallest absolute Gasteiger partial charge is 0.344 e. The van der Waals surface area contributed by atoms with Crippen LogP contribution in [-0.2, 0) is 4.79 Å². The van der Waals surface area contributed by atoms with Crippen molar-refractivity contribution in [3.63, 3.8) is 0 Å². The minimum atomic E-state index is -4.97. The van der Waals surface area contributed by atoms with E-state index in [9.17, 15) is 31.9 Å². The third-order valence-electron chi connectivity index (χ3n) is 6.12. The molecule has 3 heterocycles. The zero-order valence-electron chi connectivity index (χ0n) is 18.3. The predicted octanol–water partition coefficient (Wildman–Crippen LogP) is 3.85. The molecular weight excluding hydrogens is 512 g/mol. The fourth-order valence-corrected chi connectivity index (χ4v) is 5.46. The second-order valence-corrected chi connectivity index (χ2v) is 9.74. The summed E-state index contributed by atoms with van der Waals surface area (Å²) in [5.41, 5.74) is 0.0505. The number of benzene rings is 1. The summed E-state index contributed by atoms with van der Waals surface area (Å²) >= 11 is 7.31. The third kappa shape index (κ3) is 5.58. The number of nitrogens with one attached hydrogen (secondary N) is 1. The summed E-state index contributed by atoms with van der Waals surface area (Å²) in [4.78, 5) is 44.0. The number of hydrogen-bond acceptors (Lipinski definition) is 5. The first-order chi connectivity index (χ1) is 16.5. The van der Waals surface area contributed by atoms with Crippen LogP contribution < -0.4 is 5.32 Å². The van der Waals surface area contributed by atoms with E-state index in [0.29, 0.717) is 25.9 Å². The molecule has 0 aliphatic carbocycles. The number of carbonyl (C=O) groups excluding carboxylic acids is 3. The summed E-state index contributed by atoms with van der Waals surface area (Å²) in [6.45, 7) is 0.952. The van der Waals surface area contributed by atoms with Crippen LogP contribution in [0.2, 0.25) is 5.02 Å². The number of likely N-dealkylation sites (tertiary alicyclic amines) is 2. The lowest BCUT2D eigenvalue weighted by molar-refractivity contribution is -0.174. The van der Waals surface area contributed by atoms with Crippen molar-refractivity contribution >= 4 is 40.7 Å². The zero-order chi connectivity index (χ0) is 25.3. The Bertz CT molecular complexity index is 1110. The molecule has 2 aliphatic heterocycles. The van der Waals surface area contributed by atoms with Crippen LogP contribution in [0.4, 0.5) is 17.6 Å². The molecule has 0 saturated carbocycles. The van der Waals surface area contributed by atoms with E-state index in [1.807, 2.05) is 5.32 Å². The van der Waals surface area contributed by atoms with E-state index >= 15 is 0 Å². The summed E-state index contributed by atoms with van der Waals surface area (Å²) in [6.07, 6.45) is -3.59. The molecule has 7 nitrogen and oxygen atoms in total. The quantitative estimate of drug-likeness (QED) is 0.607. The first-order valence-electron chi connectivity index (χ1n) is 10.9. The molecule has 0 spiro atoms. The van der Waals surface area contributed by atoms with Crippen molar-refractivity contribution in [2.24, 2.45) is 0 Å². The molecule has 3 amide bonds. The maximum Gasteiger partial charge on any atom is 0.471 e. The van der Waals surface area contributed by atoms with Gasteiger partial charge >= 0.3 is 12.1 Å². The number of halogens is 5. The molecule has 1 atom stereocenters. The molecule has 2 aliphatic rings. The second-order valence-electron chi connectivity index (χ2n) is 8.44. The van der Waals surface area contributed by atoms with E-state index in [2.05, 4.69) is 4.98 Å². The summed E-state index contributed by atoms with van der Waals surface area (Å²) < 4.78 is 51.4. The van der Waals surface area contributed by atoms with Gasteiger partial charge in [0.2, 0.25) is 0 Å². The van der Waals surface area contributed by atoms with Gasteiger partial charge in [-0.05, 0) is 31.4 Å². The Kier molecular flexibility index (Phi) is 7.32. The van der Waals surface area contributed by atoms with Gasteiger partial charge in [0.25, 0.3) is 11.8 Å². The van der Waals surface area contributed by atoms with Crippen molar-refractivity contribution in [1.82, 2.24) is 20.1 Å². The summed E-state index contributed by atoms with van der Waals surface area (Å²) in [7, 11) is 0. The van der Waals surface area contributed by atoms with Crippen LogP contribution in [0.1, 0.15) is 51.0 Å². The molecule has 0 radical (unpaired) electrons. The molecule has 1 N–H and O–H groups in total. The zero-order valence-corrected chi connectivity index (χ0v) is 19.9. The largest absolute Gasteiger partial charge is 0.471 e. The molecule has 13 heteroatoms. The molecule has 188 valence electrons. The van der Waals surface area contributed by atoms with E-state index in [0.717, 1.165) is 5.01 Å². The maximum absolute atomic E-state index is 14.1. The van der Waals surface area contributed by atoms with Crippen LogP contribution in [0.15, 0.2) is 23.6 Å². The standard InChI is InChI=1S/C22H21ClF4N4O3S/c23-14-2-1-3-15(24)17(14)20(33)30-7-4-12(5-8-30)18-29-16(11-35-18)19(32)31-9-6-13(10-31)28-21(34)22(25,26)27/h1-3,11-13H,4-10H2,(H,28,34). The number of piperidine rings is 1. The minimum Gasteiger partial charge on any atom is -0.344 e. The van der Waals surface area contributed by atoms with Crippen LogP contribution in [0.3, 0.4) is 0 Å². The molecule has 2 fully saturated rings. The number of carbonyl (C=O) groups is 3. The van der Waals surface area contributed by atoms with E-state index < -0.39 is 35.8 Å². The van der Waals surface area contributed by atoms with E-state index in [1.165, 1.54) is 34.4 Å². The van der Waals surface area contributed by atoms with Gasteiger partial charge in [-0.3, -0.25) is 14.4 Å². The van der Waals surface area contributed by atoms with Gasteiger partial charge in [0.1, 0.15) is 11.5 Å². The lowest BCUT2D eigenvalue weighted by Crippen LogP contribution is -2.44. The van der Waals surface area contributed by atoms with Crippen molar-refractivity contribution in [2.75, 3.05) is 26.2 Å². The van der Waals surface area contributed by atoms with Crippen molar-refractivity contribution in [3.05, 3.63) is 50.7 Å². The van der Waals surface area contributed by atoms with E-state index in [4.69, 9.17) is 11.6 Å². The molecule has 1 unspecified atom stereocenters. The highest BCUT2D eigenvalue weighted by Crippen LogP contribution is 2.32. The highest BCUT2D eigenvalue weighted by molar-refractivity contribution is 7.09. The highest BCUT2D eigenvalue weighted by Gasteiger charge is 2.41. The maximum atomic E-state index is 14.1. The number of aromatic nitrogens is 1. The SMILES string of the molecule is O=C(c1csc(C2CCN(C(=O)c3c(F)cccc3Cl)CC2)n1)N1CCC(NC(=O)C(F)(F)F)C1. The number of rotatable bonds is 4. The Morgan fingerprint density at radius 1 is 1.06 bits per heavy atom. The monoisotopic (exact) mass is 532 g/mol. The molecule has 4 rings (SSSR count). The van der Waals surface area contributed by atoms with Gasteiger partial charge in [0.05, 0.1) is 15.6 Å². The normalized spacial score (nSPS) is 19.2. The summed E-state index contributed by atoms with van der Waals surface area (Å²) in [5, 5.41) is 4.30. The Labute approximate surface area is 207 Å². The molecule has 1 aromatic heterocycles. The van der Waals surface area contributed by atoms with Crippen molar-refractivity contribution in [1.29, 1.82) is 0 Å². The fraction of sp³-hybridized carbons (Fsp3) is 0.455. The highest BCUT2D eigenvalue weighted by atomic mass is 35.5. The lowest BCUT2D eigenvalue weighted by Gasteiger charge is -2.31. The van der Waals surface area contributed by atoms with Crippen molar-refractivity contribution in [3.8, 4) is 0 Å². The average Bonchev–Trinajstić information content (AvgIpc) is 3.48. The molecule has 2 saturated heterocycles. The van der Waals surface area contributed by atoms with Crippen LogP contribution in [-0.4, -0.2) is 70.9 Å². The number of nitrogens with zero attached hydrogens (tertiary/aromatic N) is 3. The van der Waals surface area contributed by atoms with Crippen LogP contribution in [0.25, 0.3) is 0 Å². The first kappa shape index (κ1) is 25.4. The topological polar surface area (TPSA) is 82.6 Å². The summed E-state index contributed by atoms with van der Waals surface area (Å²) in [6, 6.07) is 3.32. The van der Waals surface area contributed by atoms with Gasteiger partial charge in [-0.2, -0.15) is 13.2 Å². The van der Waals surface area contributed by atoms with Crippen LogP contribution >= 0.6 is 22.9 Å². The van der Waals surface area contributed by atoms with Gasteiger partial charge in [-0.15, -0.1) is 11.3 Å². The molecule has 2 aromatic rings. The van der Waals surface area contributed by atoms with Gasteiger partial charge < -0.3 is 15.1 Å². The van der Waals surface area contributed by atoms with Crippen LogP contribution in [0, 0.1) is 5.82 Å². The van der Waals surface area contributed by atoms with E-state index in [1.54, 1.807) is 10.3 Å². The van der Waals surface area contributed by atoms with Gasteiger partial charge in [0.15, 0.2) is 0 Å².